The molecular formula is C26H24N2O3. The number of benzene rings is 3. The predicted molar refractivity (Wildman–Crippen MR) is 121 cm³/mol. The SMILES string of the molecule is COc1ccc([C@H](NC(=O)CCc2ccccc2)c2ccc3cccnc3c2O)cc1. The van der Waals surface area contributed by atoms with Crippen molar-refractivity contribution >= 4 is 16.8 Å². The minimum atomic E-state index is -0.513. The molecule has 5 nitrogen and oxygen atoms in total. The van der Waals surface area contributed by atoms with Crippen LogP contribution in [0.4, 0.5) is 0 Å². The summed E-state index contributed by atoms with van der Waals surface area (Å²) in [5.74, 6) is 0.703. The van der Waals surface area contributed by atoms with Gasteiger partial charge in [0.2, 0.25) is 5.91 Å². The Morgan fingerprint density at radius 1 is 1.00 bits per heavy atom. The molecule has 3 aromatic carbocycles. The van der Waals surface area contributed by atoms with Crippen molar-refractivity contribution in [3.8, 4) is 11.5 Å². The van der Waals surface area contributed by atoms with Gasteiger partial charge >= 0.3 is 0 Å². The molecule has 0 bridgehead atoms. The highest BCUT2D eigenvalue weighted by Crippen LogP contribution is 2.35. The van der Waals surface area contributed by atoms with Crippen LogP contribution >= 0.6 is 0 Å². The smallest absolute Gasteiger partial charge is 0.221 e. The number of carbonyl (C=O) groups excluding carboxylic acids is 1. The molecule has 0 fully saturated rings. The van der Waals surface area contributed by atoms with E-state index in [1.54, 1.807) is 13.3 Å². The van der Waals surface area contributed by atoms with Gasteiger partial charge in [-0.25, -0.2) is 0 Å². The molecule has 1 atom stereocenters. The molecule has 31 heavy (non-hydrogen) atoms. The summed E-state index contributed by atoms with van der Waals surface area (Å²) in [6.45, 7) is 0. The third kappa shape index (κ3) is 4.67. The van der Waals surface area contributed by atoms with Crippen LogP contribution in [0.15, 0.2) is 85.1 Å². The Hall–Kier alpha value is -3.86. The van der Waals surface area contributed by atoms with E-state index in [9.17, 15) is 9.90 Å². The van der Waals surface area contributed by atoms with Crippen molar-refractivity contribution in [1.29, 1.82) is 0 Å². The average molecular weight is 412 g/mol. The Morgan fingerprint density at radius 3 is 2.52 bits per heavy atom. The fourth-order valence-electron chi connectivity index (χ4n) is 3.65. The molecule has 0 saturated carbocycles. The Bertz CT molecular complexity index is 1170. The maximum Gasteiger partial charge on any atom is 0.221 e. The fraction of sp³-hybridized carbons (Fsp3) is 0.154. The predicted octanol–water partition coefficient (Wildman–Crippen LogP) is 4.79. The Morgan fingerprint density at radius 2 is 1.77 bits per heavy atom. The van der Waals surface area contributed by atoms with E-state index in [2.05, 4.69) is 10.3 Å². The lowest BCUT2D eigenvalue weighted by atomic mass is 9.95. The maximum atomic E-state index is 12.8. The van der Waals surface area contributed by atoms with Crippen LogP contribution in [0.5, 0.6) is 11.5 Å². The number of nitrogens with zero attached hydrogens (tertiary/aromatic N) is 1. The second-order valence-corrected chi connectivity index (χ2v) is 7.34. The number of hydrogen-bond donors (Lipinski definition) is 2. The van der Waals surface area contributed by atoms with E-state index >= 15 is 0 Å². The minimum absolute atomic E-state index is 0.0716. The number of phenols is 1. The van der Waals surface area contributed by atoms with E-state index in [0.717, 1.165) is 22.3 Å². The summed E-state index contributed by atoms with van der Waals surface area (Å²) in [6, 6.07) is 24.3. The van der Waals surface area contributed by atoms with Gasteiger partial charge in [0.25, 0.3) is 0 Å². The molecule has 5 heteroatoms. The van der Waals surface area contributed by atoms with Crippen molar-refractivity contribution in [3.05, 3.63) is 102 Å². The molecule has 0 saturated heterocycles. The number of phenolic OH excluding ortho intramolecular Hbond substituents is 1. The lowest BCUT2D eigenvalue weighted by Crippen LogP contribution is -2.29. The van der Waals surface area contributed by atoms with Crippen molar-refractivity contribution in [2.75, 3.05) is 7.11 Å². The number of methoxy groups -OCH3 is 1. The van der Waals surface area contributed by atoms with Crippen LogP contribution in [0.25, 0.3) is 10.9 Å². The summed E-state index contributed by atoms with van der Waals surface area (Å²) in [5.41, 5.74) is 3.07. The van der Waals surface area contributed by atoms with E-state index in [-0.39, 0.29) is 11.7 Å². The van der Waals surface area contributed by atoms with E-state index in [1.807, 2.05) is 78.9 Å². The molecule has 1 aromatic heterocycles. The first-order chi connectivity index (χ1) is 15.2. The first kappa shape index (κ1) is 20.4. The summed E-state index contributed by atoms with van der Waals surface area (Å²) >= 11 is 0. The quantitative estimate of drug-likeness (QED) is 0.458. The normalized spacial score (nSPS) is 11.8. The lowest BCUT2D eigenvalue weighted by Gasteiger charge is -2.22. The molecular weight excluding hydrogens is 388 g/mol. The number of aromatic nitrogens is 1. The van der Waals surface area contributed by atoms with Crippen molar-refractivity contribution < 1.29 is 14.6 Å². The van der Waals surface area contributed by atoms with Gasteiger partial charge in [-0.05, 0) is 35.7 Å². The topological polar surface area (TPSA) is 71.5 Å². The average Bonchev–Trinajstić information content (AvgIpc) is 2.83. The highest BCUT2D eigenvalue weighted by Gasteiger charge is 2.22. The van der Waals surface area contributed by atoms with Gasteiger partial charge < -0.3 is 15.2 Å². The van der Waals surface area contributed by atoms with Crippen LogP contribution in [-0.2, 0) is 11.2 Å². The van der Waals surface area contributed by atoms with Gasteiger partial charge in [-0.3, -0.25) is 9.78 Å². The number of nitrogens with one attached hydrogen (secondary N) is 1. The summed E-state index contributed by atoms with van der Waals surface area (Å²) in [4.78, 5) is 17.2. The lowest BCUT2D eigenvalue weighted by molar-refractivity contribution is -0.121. The number of aromatic hydroxyl groups is 1. The molecule has 0 aliphatic carbocycles. The Balaban J connectivity index is 1.64. The number of rotatable bonds is 7. The second kappa shape index (κ2) is 9.30. The number of fused-ring (bicyclic) bond motifs is 1. The van der Waals surface area contributed by atoms with Crippen LogP contribution in [0, 0.1) is 0 Å². The number of aryl methyl sites for hydroxylation is 1. The molecule has 0 radical (unpaired) electrons. The number of carbonyl (C=O) groups is 1. The largest absolute Gasteiger partial charge is 0.505 e. The molecule has 1 heterocycles. The molecule has 156 valence electrons. The summed E-state index contributed by atoms with van der Waals surface area (Å²) in [6.07, 6.45) is 2.64. The molecule has 4 rings (SSSR count). The highest BCUT2D eigenvalue weighted by atomic mass is 16.5. The second-order valence-electron chi connectivity index (χ2n) is 7.34. The Labute approximate surface area is 181 Å². The fourth-order valence-corrected chi connectivity index (χ4v) is 3.65. The van der Waals surface area contributed by atoms with Gasteiger partial charge in [0.05, 0.1) is 13.2 Å². The molecule has 1 amide bonds. The Kier molecular flexibility index (Phi) is 6.13. The van der Waals surface area contributed by atoms with E-state index in [1.165, 1.54) is 0 Å². The summed E-state index contributed by atoms with van der Waals surface area (Å²) < 4.78 is 5.26. The van der Waals surface area contributed by atoms with Gasteiger partial charge in [0.1, 0.15) is 17.0 Å². The zero-order chi connectivity index (χ0) is 21.6. The number of hydrogen-bond acceptors (Lipinski definition) is 4. The maximum absolute atomic E-state index is 12.8. The van der Waals surface area contributed by atoms with Gasteiger partial charge in [-0.2, -0.15) is 0 Å². The molecule has 0 unspecified atom stereocenters. The van der Waals surface area contributed by atoms with Crippen LogP contribution in [0.2, 0.25) is 0 Å². The van der Waals surface area contributed by atoms with Crippen LogP contribution in [0.3, 0.4) is 0 Å². The minimum Gasteiger partial charge on any atom is -0.505 e. The van der Waals surface area contributed by atoms with Crippen LogP contribution in [-0.4, -0.2) is 23.1 Å². The van der Waals surface area contributed by atoms with Gasteiger partial charge in [-0.1, -0.05) is 60.7 Å². The van der Waals surface area contributed by atoms with Crippen LogP contribution in [0.1, 0.15) is 29.2 Å². The van der Waals surface area contributed by atoms with E-state index in [4.69, 9.17) is 4.74 Å². The first-order valence-electron chi connectivity index (χ1n) is 10.2. The summed E-state index contributed by atoms with van der Waals surface area (Å²) in [5, 5.41) is 14.9. The van der Waals surface area contributed by atoms with Crippen molar-refractivity contribution in [2.24, 2.45) is 0 Å². The molecule has 0 aliphatic heterocycles. The molecule has 4 aromatic rings. The van der Waals surface area contributed by atoms with Crippen molar-refractivity contribution in [1.82, 2.24) is 10.3 Å². The van der Waals surface area contributed by atoms with Crippen LogP contribution < -0.4 is 10.1 Å². The van der Waals surface area contributed by atoms with E-state index in [0.29, 0.717) is 23.9 Å². The third-order valence-electron chi connectivity index (χ3n) is 5.33. The zero-order valence-corrected chi connectivity index (χ0v) is 17.3. The zero-order valence-electron chi connectivity index (χ0n) is 17.3. The van der Waals surface area contributed by atoms with E-state index < -0.39 is 6.04 Å². The molecule has 0 spiro atoms. The van der Waals surface area contributed by atoms with Gasteiger partial charge in [-0.15, -0.1) is 0 Å². The van der Waals surface area contributed by atoms with Gasteiger partial charge in [0.15, 0.2) is 0 Å². The van der Waals surface area contributed by atoms with Gasteiger partial charge in [0, 0.05) is 23.6 Å². The number of ether oxygens (including phenoxy) is 1. The number of amides is 1. The third-order valence-corrected chi connectivity index (χ3v) is 5.33. The first-order valence-corrected chi connectivity index (χ1v) is 10.2. The molecule has 0 aliphatic rings. The molecule has 2 N–H and O–H groups in total. The highest BCUT2D eigenvalue weighted by molar-refractivity contribution is 5.86. The standard InChI is InChI=1S/C26H24N2O3/c1-31-21-13-10-20(11-14-21)24(28-23(29)16-9-18-6-3-2-4-7-18)22-15-12-19-8-5-17-27-25(19)26(22)30/h2-8,10-15,17,24,30H,9,16H2,1H3,(H,28,29)/t24-/m0/s1. The summed E-state index contributed by atoms with van der Waals surface area (Å²) in [7, 11) is 1.61. The van der Waals surface area contributed by atoms with Crippen molar-refractivity contribution in [3.63, 3.8) is 0 Å². The number of pyridine rings is 1. The monoisotopic (exact) mass is 412 g/mol. The van der Waals surface area contributed by atoms with Crippen molar-refractivity contribution in [2.45, 2.75) is 18.9 Å².